The first-order chi connectivity index (χ1) is 7.64. The van der Waals surface area contributed by atoms with Crippen molar-refractivity contribution in [2.45, 2.75) is 19.8 Å². The summed E-state index contributed by atoms with van der Waals surface area (Å²) in [5, 5.41) is 19.5. The van der Waals surface area contributed by atoms with Crippen LogP contribution >= 0.6 is 24.6 Å². The summed E-state index contributed by atoms with van der Waals surface area (Å²) < 4.78 is 0.737. The Morgan fingerprint density at radius 1 is 1.56 bits per heavy atom. The monoisotopic (exact) mass is 257 g/mol. The van der Waals surface area contributed by atoms with Crippen molar-refractivity contribution in [3.63, 3.8) is 0 Å². The van der Waals surface area contributed by atoms with Gasteiger partial charge in [-0.2, -0.15) is 10.5 Å². The Hall–Kier alpha value is -0.820. The van der Waals surface area contributed by atoms with Crippen LogP contribution in [0.25, 0.3) is 0 Å². The van der Waals surface area contributed by atoms with Gasteiger partial charge in [-0.25, -0.2) is 3.89 Å². The molecule has 0 N–H and O–H groups in total. The first kappa shape index (κ1) is 15.2. The van der Waals surface area contributed by atoms with Crippen LogP contribution in [-0.2, 0) is 0 Å². The molecule has 0 fully saturated rings. The number of rotatable bonds is 4. The van der Waals surface area contributed by atoms with Gasteiger partial charge in [0.2, 0.25) is 11.9 Å². The van der Waals surface area contributed by atoms with Crippen LogP contribution in [0.5, 0.6) is 0 Å². The molecule has 0 aromatic rings. The van der Waals surface area contributed by atoms with Crippen molar-refractivity contribution < 1.29 is 3.89 Å². The largest absolute Gasteiger partial charge is 0.328 e. The van der Waals surface area contributed by atoms with Crippen molar-refractivity contribution in [1.82, 2.24) is 4.90 Å². The Kier molecular flexibility index (Phi) is 7.92. The number of unbranched alkanes of at least 4 members (excludes halogenated alkanes) is 1. The van der Waals surface area contributed by atoms with Gasteiger partial charge < -0.3 is 4.90 Å². The van der Waals surface area contributed by atoms with Gasteiger partial charge in [0.1, 0.15) is 11.6 Å². The van der Waals surface area contributed by atoms with E-state index in [1.165, 1.54) is 30.2 Å². The van der Waals surface area contributed by atoms with Crippen LogP contribution in [0.3, 0.4) is 0 Å². The molecule has 4 nitrogen and oxygen atoms in total. The molecule has 1 rings (SSSR count). The van der Waals surface area contributed by atoms with Gasteiger partial charge in [0.05, 0.1) is 12.7 Å². The number of quaternary nitrogens is 1. The number of thiocyanates is 2. The summed E-state index contributed by atoms with van der Waals surface area (Å²) in [4.78, 5) is 2.12. The van der Waals surface area contributed by atoms with Crippen LogP contribution in [0.4, 0.5) is 0 Å². The van der Waals surface area contributed by atoms with E-state index in [4.69, 9.17) is 10.5 Å². The molecule has 1 unspecified atom stereocenters. The maximum absolute atomic E-state index is 8.72. The molecule has 16 heavy (non-hydrogen) atoms. The zero-order valence-electron chi connectivity index (χ0n) is 9.63. The highest BCUT2D eigenvalue weighted by molar-refractivity contribution is 7.98. The molecule has 0 saturated carbocycles. The lowest BCUT2D eigenvalue weighted by molar-refractivity contribution is -0.742. The molecule has 0 aliphatic carbocycles. The van der Waals surface area contributed by atoms with Gasteiger partial charge >= 0.3 is 0 Å². The lowest BCUT2D eigenvalue weighted by Gasteiger charge is -2.26. The Labute approximate surface area is 107 Å². The normalized spacial score (nSPS) is 21.9. The van der Waals surface area contributed by atoms with Gasteiger partial charge in [0, 0.05) is 7.05 Å². The Bertz CT molecular complexity index is 305. The Morgan fingerprint density at radius 3 is 2.56 bits per heavy atom. The summed E-state index contributed by atoms with van der Waals surface area (Å²) in [5.74, 6) is 0. The molecule has 0 amide bonds. The van der Waals surface area contributed by atoms with E-state index < -0.39 is 0 Å². The summed E-state index contributed by atoms with van der Waals surface area (Å²) in [5.41, 5.74) is 0. The number of thiol groups is 1. The van der Waals surface area contributed by atoms with Crippen molar-refractivity contribution in [1.29, 1.82) is 10.5 Å². The van der Waals surface area contributed by atoms with E-state index >= 15 is 0 Å². The Morgan fingerprint density at radius 2 is 2.19 bits per heavy atom. The lowest BCUT2D eigenvalue weighted by atomic mass is 10.3. The van der Waals surface area contributed by atoms with Crippen molar-refractivity contribution in [3.05, 3.63) is 12.4 Å². The van der Waals surface area contributed by atoms with Crippen molar-refractivity contribution in [2.75, 3.05) is 20.3 Å². The summed E-state index contributed by atoms with van der Waals surface area (Å²) >= 11 is 4.44. The third-order valence-corrected chi connectivity index (χ3v) is 3.03. The van der Waals surface area contributed by atoms with E-state index in [-0.39, 0.29) is 0 Å². The molecule has 0 aromatic heterocycles. The van der Waals surface area contributed by atoms with Crippen molar-refractivity contribution in [3.8, 4) is 10.8 Å². The minimum absolute atomic E-state index is 0.737. The summed E-state index contributed by atoms with van der Waals surface area (Å²) in [6.07, 6.45) is 6.53. The fourth-order valence-corrected chi connectivity index (χ4v) is 2.20. The molecule has 1 aliphatic heterocycles. The first-order valence-corrected chi connectivity index (χ1v) is 6.23. The molecule has 0 spiro atoms. The van der Waals surface area contributed by atoms with Gasteiger partial charge in [-0.05, 0) is 6.42 Å². The summed E-state index contributed by atoms with van der Waals surface area (Å²) in [6.45, 7) is 4.14. The number of nitriles is 2. The van der Waals surface area contributed by atoms with E-state index in [0.717, 1.165) is 17.1 Å². The highest BCUT2D eigenvalue weighted by Gasteiger charge is 2.32. The minimum atomic E-state index is 0.737. The minimum Gasteiger partial charge on any atom is -0.328 e. The van der Waals surface area contributed by atoms with E-state index in [9.17, 15) is 0 Å². The molecule has 6 heteroatoms. The lowest BCUT2D eigenvalue weighted by Crippen LogP contribution is -2.37. The third kappa shape index (κ3) is 5.32. The van der Waals surface area contributed by atoms with Crippen LogP contribution in [0.1, 0.15) is 19.8 Å². The topological polar surface area (TPSA) is 50.8 Å². The second-order valence-electron chi connectivity index (χ2n) is 3.51. The van der Waals surface area contributed by atoms with Gasteiger partial charge in [-0.1, -0.05) is 26.0 Å². The molecule has 0 saturated heterocycles. The molecule has 88 valence electrons. The average Bonchev–Trinajstić information content (AvgIpc) is 2.60. The van der Waals surface area contributed by atoms with E-state index in [1.54, 1.807) is 0 Å². The fraction of sp³-hybridized carbons (Fsp3) is 0.600. The predicted octanol–water partition coefficient (Wildman–Crippen LogP) is 2.50. The maximum atomic E-state index is 8.72. The predicted molar refractivity (Wildman–Crippen MR) is 69.6 cm³/mol. The summed E-state index contributed by atoms with van der Waals surface area (Å²) in [6, 6.07) is 0. The Balaban J connectivity index is 0.000000673. The smallest absolute Gasteiger partial charge is 0.202 e. The maximum Gasteiger partial charge on any atom is 0.202 e. The van der Waals surface area contributed by atoms with Gasteiger partial charge in [0.15, 0.2) is 12.1 Å². The second kappa shape index (κ2) is 8.35. The van der Waals surface area contributed by atoms with E-state index in [2.05, 4.69) is 42.3 Å². The van der Waals surface area contributed by atoms with Gasteiger partial charge in [-0.15, -0.1) is 0 Å². The zero-order chi connectivity index (χ0) is 12.4. The van der Waals surface area contributed by atoms with Crippen LogP contribution in [0.2, 0.25) is 0 Å². The second-order valence-corrected chi connectivity index (χ2v) is 4.80. The first-order valence-electron chi connectivity index (χ1n) is 5.01. The zero-order valence-corrected chi connectivity index (χ0v) is 11.3. The standard InChI is InChI=1S/C9H16N3S.CHNS/c1-3-4-6-12(13-8-10)7-5-11(2)9-12;2-1-3/h5,7H,3-4,6,9H2,1-2H3;3H/q+1;. The van der Waals surface area contributed by atoms with E-state index in [1.807, 2.05) is 7.05 Å². The van der Waals surface area contributed by atoms with Crippen LogP contribution < -0.4 is 0 Å². The average molecular weight is 257 g/mol. The molecule has 1 atom stereocenters. The van der Waals surface area contributed by atoms with Crippen LogP contribution in [0, 0.1) is 21.3 Å². The third-order valence-electron chi connectivity index (χ3n) is 2.17. The summed E-state index contributed by atoms with van der Waals surface area (Å²) in [7, 11) is 2.04. The fourth-order valence-electron chi connectivity index (χ4n) is 1.46. The molecule has 0 aromatic carbocycles. The van der Waals surface area contributed by atoms with Gasteiger partial charge in [-0.3, -0.25) is 0 Å². The number of hydrogen-bond donors (Lipinski definition) is 1. The molecular formula is C10H17N4S2+. The molecule has 1 heterocycles. The quantitative estimate of drug-likeness (QED) is 0.364. The molecular weight excluding hydrogens is 240 g/mol. The van der Waals surface area contributed by atoms with Crippen molar-refractivity contribution >= 4 is 24.6 Å². The van der Waals surface area contributed by atoms with Crippen LogP contribution in [-0.4, -0.2) is 29.0 Å². The highest BCUT2D eigenvalue weighted by Crippen LogP contribution is 2.28. The molecule has 1 aliphatic rings. The van der Waals surface area contributed by atoms with Gasteiger partial charge in [0.25, 0.3) is 0 Å². The SMILES string of the molecule is CCCC[N+]1(SC#N)C=CN(C)C1.N#CS. The molecule has 0 radical (unpaired) electrons. The van der Waals surface area contributed by atoms with Crippen LogP contribution in [0.15, 0.2) is 12.4 Å². The van der Waals surface area contributed by atoms with E-state index in [0.29, 0.717) is 0 Å². The number of hydrogen-bond acceptors (Lipinski definition) is 5. The highest BCUT2D eigenvalue weighted by atomic mass is 32.2. The van der Waals surface area contributed by atoms with Crippen molar-refractivity contribution in [2.24, 2.45) is 0 Å². The molecule has 0 bridgehead atoms. The number of nitrogens with zero attached hydrogens (tertiary/aromatic N) is 4.